The van der Waals surface area contributed by atoms with Crippen LogP contribution in [-0.4, -0.2) is 18.2 Å². The molecule has 0 saturated carbocycles. The van der Waals surface area contributed by atoms with Crippen LogP contribution in [0.5, 0.6) is 0 Å². The lowest BCUT2D eigenvalue weighted by Gasteiger charge is -2.18. The van der Waals surface area contributed by atoms with Crippen LogP contribution >= 0.6 is 23.2 Å². The normalized spacial score (nSPS) is 13.4. The number of rotatable bonds is 6. The second kappa shape index (κ2) is 8.34. The number of aliphatic hydroxyl groups excluding tert-OH is 1. The molecule has 1 unspecified atom stereocenters. The minimum atomic E-state index is -0.668. The Bertz CT molecular complexity index is 656. The molecule has 0 saturated heterocycles. The lowest BCUT2D eigenvalue weighted by atomic mass is 9.91. The predicted molar refractivity (Wildman–Crippen MR) is 91.9 cm³/mol. The van der Waals surface area contributed by atoms with E-state index in [1.54, 1.807) is 42.5 Å². The van der Waals surface area contributed by atoms with Gasteiger partial charge in [0.2, 0.25) is 0 Å². The SMILES string of the molecule is COC(=O)C(CC[C@@H](O)c1ccc(Cl)cc1)c1cccc(Cl)c1. The first-order valence-electron chi connectivity index (χ1n) is 7.28. The highest BCUT2D eigenvalue weighted by atomic mass is 35.5. The van der Waals surface area contributed by atoms with Crippen molar-refractivity contribution in [3.8, 4) is 0 Å². The molecule has 0 aliphatic heterocycles. The smallest absolute Gasteiger partial charge is 0.313 e. The first-order chi connectivity index (χ1) is 11.0. The second-order valence-corrected chi connectivity index (χ2v) is 6.15. The summed E-state index contributed by atoms with van der Waals surface area (Å²) in [5.74, 6) is -0.795. The van der Waals surface area contributed by atoms with Crippen molar-refractivity contribution in [1.82, 2.24) is 0 Å². The van der Waals surface area contributed by atoms with Gasteiger partial charge in [-0.1, -0.05) is 47.5 Å². The maximum atomic E-state index is 12.1. The zero-order valence-electron chi connectivity index (χ0n) is 12.7. The van der Waals surface area contributed by atoms with E-state index in [0.717, 1.165) is 11.1 Å². The van der Waals surface area contributed by atoms with E-state index in [0.29, 0.717) is 22.9 Å². The highest BCUT2D eigenvalue weighted by Crippen LogP contribution is 2.29. The number of halogens is 2. The Morgan fingerprint density at radius 2 is 1.74 bits per heavy atom. The van der Waals surface area contributed by atoms with Crippen LogP contribution in [-0.2, 0) is 9.53 Å². The average molecular weight is 353 g/mol. The van der Waals surface area contributed by atoms with Gasteiger partial charge in [0.25, 0.3) is 0 Å². The lowest BCUT2D eigenvalue weighted by Crippen LogP contribution is -2.15. The Hall–Kier alpha value is -1.55. The maximum Gasteiger partial charge on any atom is 0.313 e. The quantitative estimate of drug-likeness (QED) is 0.762. The van der Waals surface area contributed by atoms with Crippen LogP contribution in [0, 0.1) is 0 Å². The van der Waals surface area contributed by atoms with Gasteiger partial charge < -0.3 is 9.84 Å². The van der Waals surface area contributed by atoms with Crippen LogP contribution in [0.4, 0.5) is 0 Å². The number of aliphatic hydroxyl groups is 1. The molecule has 0 amide bonds. The number of hydrogen-bond acceptors (Lipinski definition) is 3. The molecule has 2 aromatic rings. The van der Waals surface area contributed by atoms with Gasteiger partial charge in [0.1, 0.15) is 0 Å². The molecular weight excluding hydrogens is 335 g/mol. The van der Waals surface area contributed by atoms with E-state index in [4.69, 9.17) is 27.9 Å². The van der Waals surface area contributed by atoms with Crippen molar-refractivity contribution in [3.63, 3.8) is 0 Å². The number of ether oxygens (including phenoxy) is 1. The average Bonchev–Trinajstić information content (AvgIpc) is 2.55. The molecule has 1 N–H and O–H groups in total. The summed E-state index contributed by atoms with van der Waals surface area (Å²) in [6.07, 6.45) is 0.212. The summed E-state index contributed by atoms with van der Waals surface area (Å²) in [5, 5.41) is 11.5. The summed E-state index contributed by atoms with van der Waals surface area (Å²) in [4.78, 5) is 12.1. The van der Waals surface area contributed by atoms with Gasteiger partial charge in [-0.05, 0) is 48.2 Å². The fourth-order valence-corrected chi connectivity index (χ4v) is 2.79. The highest BCUT2D eigenvalue weighted by molar-refractivity contribution is 6.30. The van der Waals surface area contributed by atoms with Crippen molar-refractivity contribution in [2.45, 2.75) is 24.9 Å². The van der Waals surface area contributed by atoms with Gasteiger partial charge >= 0.3 is 5.97 Å². The van der Waals surface area contributed by atoms with Crippen molar-refractivity contribution in [2.75, 3.05) is 7.11 Å². The molecule has 122 valence electrons. The molecule has 0 radical (unpaired) electrons. The van der Waals surface area contributed by atoms with E-state index >= 15 is 0 Å². The fraction of sp³-hybridized carbons (Fsp3) is 0.278. The number of benzene rings is 2. The molecule has 3 nitrogen and oxygen atoms in total. The van der Waals surface area contributed by atoms with Crippen molar-refractivity contribution in [3.05, 3.63) is 69.7 Å². The van der Waals surface area contributed by atoms with Crippen LogP contribution in [0.15, 0.2) is 48.5 Å². The molecule has 2 aromatic carbocycles. The first kappa shape index (κ1) is 17.8. The minimum Gasteiger partial charge on any atom is -0.469 e. The Labute approximate surface area is 145 Å². The number of methoxy groups -OCH3 is 1. The third-order valence-corrected chi connectivity index (χ3v) is 4.21. The van der Waals surface area contributed by atoms with Crippen LogP contribution in [0.3, 0.4) is 0 Å². The first-order valence-corrected chi connectivity index (χ1v) is 8.03. The van der Waals surface area contributed by atoms with Gasteiger partial charge in [0.15, 0.2) is 0 Å². The largest absolute Gasteiger partial charge is 0.469 e. The molecule has 2 atom stereocenters. The number of carbonyl (C=O) groups is 1. The van der Waals surface area contributed by atoms with Crippen LogP contribution in [0.1, 0.15) is 36.0 Å². The van der Waals surface area contributed by atoms with Gasteiger partial charge in [-0.2, -0.15) is 0 Å². The molecular formula is C18H18Cl2O3. The van der Waals surface area contributed by atoms with Gasteiger partial charge in [0.05, 0.1) is 19.1 Å². The van der Waals surface area contributed by atoms with Gasteiger partial charge in [0, 0.05) is 10.0 Å². The monoisotopic (exact) mass is 352 g/mol. The third-order valence-electron chi connectivity index (χ3n) is 3.72. The Kier molecular flexibility index (Phi) is 6.46. The van der Waals surface area contributed by atoms with E-state index < -0.39 is 12.0 Å². The van der Waals surface area contributed by atoms with Crippen molar-refractivity contribution in [1.29, 1.82) is 0 Å². The van der Waals surface area contributed by atoms with Crippen LogP contribution in [0.2, 0.25) is 10.0 Å². The number of carbonyl (C=O) groups excluding carboxylic acids is 1. The van der Waals surface area contributed by atoms with Crippen molar-refractivity contribution < 1.29 is 14.6 Å². The van der Waals surface area contributed by atoms with Crippen molar-refractivity contribution in [2.24, 2.45) is 0 Å². The molecule has 0 bridgehead atoms. The summed E-state index contributed by atoms with van der Waals surface area (Å²) in [6.45, 7) is 0. The van der Waals surface area contributed by atoms with Crippen molar-refractivity contribution >= 4 is 29.2 Å². The lowest BCUT2D eigenvalue weighted by molar-refractivity contribution is -0.142. The maximum absolute atomic E-state index is 12.1. The fourth-order valence-electron chi connectivity index (χ4n) is 2.46. The van der Waals surface area contributed by atoms with E-state index in [2.05, 4.69) is 0 Å². The minimum absolute atomic E-state index is 0.337. The standard InChI is InChI=1S/C18H18Cl2O3/c1-23-18(22)16(13-3-2-4-15(20)11-13)9-10-17(21)12-5-7-14(19)8-6-12/h2-8,11,16-17,21H,9-10H2,1H3/t16?,17-/m1/s1. The second-order valence-electron chi connectivity index (χ2n) is 5.28. The summed E-state index contributed by atoms with van der Waals surface area (Å²) >= 11 is 11.8. The molecule has 23 heavy (non-hydrogen) atoms. The summed E-state index contributed by atoms with van der Waals surface area (Å²) in [5.41, 5.74) is 1.55. The summed E-state index contributed by atoms with van der Waals surface area (Å²) < 4.78 is 4.88. The molecule has 5 heteroatoms. The number of hydrogen-bond donors (Lipinski definition) is 1. The van der Waals surface area contributed by atoms with E-state index in [9.17, 15) is 9.90 Å². The zero-order valence-corrected chi connectivity index (χ0v) is 14.2. The van der Waals surface area contributed by atoms with Gasteiger partial charge in [-0.15, -0.1) is 0 Å². The summed E-state index contributed by atoms with van der Waals surface area (Å²) in [6, 6.07) is 14.1. The van der Waals surface area contributed by atoms with E-state index in [1.807, 2.05) is 6.07 Å². The highest BCUT2D eigenvalue weighted by Gasteiger charge is 2.23. The Balaban J connectivity index is 2.09. The third kappa shape index (κ3) is 4.96. The topological polar surface area (TPSA) is 46.5 Å². The molecule has 0 spiro atoms. The molecule has 0 aromatic heterocycles. The molecule has 0 aliphatic rings. The zero-order chi connectivity index (χ0) is 16.8. The van der Waals surface area contributed by atoms with Gasteiger partial charge in [-0.3, -0.25) is 4.79 Å². The Morgan fingerprint density at radius 1 is 1.04 bits per heavy atom. The van der Waals surface area contributed by atoms with Crippen LogP contribution < -0.4 is 0 Å². The predicted octanol–water partition coefficient (Wildman–Crippen LogP) is 4.76. The number of esters is 1. The molecule has 0 heterocycles. The molecule has 0 fully saturated rings. The van der Waals surface area contributed by atoms with Gasteiger partial charge in [-0.25, -0.2) is 0 Å². The molecule has 0 aliphatic carbocycles. The van der Waals surface area contributed by atoms with Crippen LogP contribution in [0.25, 0.3) is 0 Å². The van der Waals surface area contributed by atoms with E-state index in [-0.39, 0.29) is 5.97 Å². The summed E-state index contributed by atoms with van der Waals surface area (Å²) in [7, 11) is 1.36. The Morgan fingerprint density at radius 3 is 2.35 bits per heavy atom. The molecule has 2 rings (SSSR count). The van der Waals surface area contributed by atoms with E-state index in [1.165, 1.54) is 7.11 Å².